The van der Waals surface area contributed by atoms with Gasteiger partial charge in [0.2, 0.25) is 0 Å². The third-order valence-electron chi connectivity index (χ3n) is 4.63. The average molecular weight is 353 g/mol. The average Bonchev–Trinajstić information content (AvgIpc) is 3.25. The normalized spacial score (nSPS) is 15.0. The molecule has 1 atom stereocenters. The van der Waals surface area contributed by atoms with Crippen LogP contribution in [0.2, 0.25) is 0 Å². The minimum atomic E-state index is -0.812. The predicted molar refractivity (Wildman–Crippen MR) is 93.8 cm³/mol. The van der Waals surface area contributed by atoms with Gasteiger partial charge in [0.1, 0.15) is 11.8 Å². The molecular formula is C19H19N3O4. The van der Waals surface area contributed by atoms with Crippen LogP contribution in [0.25, 0.3) is 10.9 Å². The molecule has 4 rings (SSSR count). The van der Waals surface area contributed by atoms with Crippen LogP contribution in [0.4, 0.5) is 0 Å². The molecular weight excluding hydrogens is 334 g/mol. The fourth-order valence-corrected chi connectivity index (χ4v) is 3.04. The molecule has 1 amide bonds. The largest absolute Gasteiger partial charge is 0.467 e. The van der Waals surface area contributed by atoms with Crippen LogP contribution in [0.1, 0.15) is 40.6 Å². The van der Waals surface area contributed by atoms with Crippen molar-refractivity contribution in [2.24, 2.45) is 0 Å². The Balaban J connectivity index is 1.52. The van der Waals surface area contributed by atoms with E-state index in [4.69, 9.17) is 9.26 Å². The summed E-state index contributed by atoms with van der Waals surface area (Å²) in [6.07, 6.45) is 4.27. The highest BCUT2D eigenvalue weighted by atomic mass is 16.5. The van der Waals surface area contributed by atoms with Crippen molar-refractivity contribution in [2.45, 2.75) is 31.2 Å². The molecule has 1 aliphatic carbocycles. The molecule has 0 aliphatic heterocycles. The number of H-pyrrole nitrogens is 1. The molecule has 0 bridgehead atoms. The molecule has 1 aliphatic rings. The van der Waals surface area contributed by atoms with Gasteiger partial charge in [0.15, 0.2) is 5.69 Å². The zero-order valence-corrected chi connectivity index (χ0v) is 14.3. The van der Waals surface area contributed by atoms with Crippen LogP contribution in [-0.4, -0.2) is 35.2 Å². The second-order valence-corrected chi connectivity index (χ2v) is 6.50. The van der Waals surface area contributed by atoms with Gasteiger partial charge in [-0.2, -0.15) is 0 Å². The van der Waals surface area contributed by atoms with Crippen LogP contribution in [0.5, 0.6) is 0 Å². The van der Waals surface area contributed by atoms with E-state index in [0.29, 0.717) is 12.3 Å². The topological polar surface area (TPSA) is 97.2 Å². The lowest BCUT2D eigenvalue weighted by Gasteiger charge is -2.15. The van der Waals surface area contributed by atoms with Crippen molar-refractivity contribution in [1.29, 1.82) is 0 Å². The van der Waals surface area contributed by atoms with Crippen molar-refractivity contribution in [1.82, 2.24) is 15.5 Å². The number of aromatic amines is 1. The molecule has 1 saturated carbocycles. The number of amides is 1. The van der Waals surface area contributed by atoms with Gasteiger partial charge < -0.3 is 19.6 Å². The second-order valence-electron chi connectivity index (χ2n) is 6.50. The summed E-state index contributed by atoms with van der Waals surface area (Å²) >= 11 is 0. The first kappa shape index (κ1) is 16.4. The van der Waals surface area contributed by atoms with E-state index in [9.17, 15) is 9.59 Å². The summed E-state index contributed by atoms with van der Waals surface area (Å²) in [4.78, 5) is 27.8. The number of nitrogens with zero attached hydrogens (tertiary/aromatic N) is 1. The number of rotatable bonds is 6. The minimum Gasteiger partial charge on any atom is -0.467 e. The van der Waals surface area contributed by atoms with Gasteiger partial charge in [-0.25, -0.2) is 4.79 Å². The number of esters is 1. The third kappa shape index (κ3) is 3.20. The van der Waals surface area contributed by atoms with Gasteiger partial charge >= 0.3 is 5.97 Å². The fraction of sp³-hybridized carbons (Fsp3) is 0.316. The van der Waals surface area contributed by atoms with Gasteiger partial charge in [-0.15, -0.1) is 0 Å². The molecule has 134 valence electrons. The highest BCUT2D eigenvalue weighted by Crippen LogP contribution is 2.40. The lowest BCUT2D eigenvalue weighted by atomic mass is 10.0. The number of methoxy groups -OCH3 is 1. The second kappa shape index (κ2) is 6.67. The van der Waals surface area contributed by atoms with E-state index in [0.717, 1.165) is 35.1 Å². The molecule has 0 spiro atoms. The number of hydrogen-bond acceptors (Lipinski definition) is 5. The van der Waals surface area contributed by atoms with Crippen LogP contribution in [0.3, 0.4) is 0 Å². The molecule has 7 heteroatoms. The summed E-state index contributed by atoms with van der Waals surface area (Å²) < 4.78 is 10.1. The van der Waals surface area contributed by atoms with Crippen molar-refractivity contribution in [3.63, 3.8) is 0 Å². The number of para-hydroxylation sites is 1. The molecule has 0 radical (unpaired) electrons. The smallest absolute Gasteiger partial charge is 0.328 e. The minimum absolute atomic E-state index is 0.180. The SMILES string of the molecule is COC(=O)C(Cc1c[nH]c2ccccc12)NC(=O)c1cc(C2CC2)on1. The van der Waals surface area contributed by atoms with Gasteiger partial charge in [0, 0.05) is 35.5 Å². The van der Waals surface area contributed by atoms with E-state index in [1.165, 1.54) is 7.11 Å². The summed E-state index contributed by atoms with van der Waals surface area (Å²) in [7, 11) is 1.30. The lowest BCUT2D eigenvalue weighted by molar-refractivity contribution is -0.142. The van der Waals surface area contributed by atoms with Crippen LogP contribution in [0, 0.1) is 0 Å². The maximum Gasteiger partial charge on any atom is 0.328 e. The van der Waals surface area contributed by atoms with Crippen molar-refractivity contribution in [3.05, 3.63) is 53.5 Å². The highest BCUT2D eigenvalue weighted by Gasteiger charge is 2.30. The number of carbonyl (C=O) groups is 2. The summed E-state index contributed by atoms with van der Waals surface area (Å²) in [5.41, 5.74) is 2.08. The molecule has 3 aromatic rings. The Labute approximate surface area is 149 Å². The van der Waals surface area contributed by atoms with Crippen molar-refractivity contribution < 1.29 is 18.8 Å². The number of benzene rings is 1. The Morgan fingerprint density at radius 3 is 2.96 bits per heavy atom. The van der Waals surface area contributed by atoms with E-state index >= 15 is 0 Å². The quantitative estimate of drug-likeness (QED) is 0.664. The number of carbonyl (C=O) groups excluding carboxylic acids is 2. The molecule has 7 nitrogen and oxygen atoms in total. The van der Waals surface area contributed by atoms with Crippen LogP contribution in [-0.2, 0) is 16.0 Å². The van der Waals surface area contributed by atoms with Gasteiger partial charge in [0.05, 0.1) is 7.11 Å². The summed E-state index contributed by atoms with van der Waals surface area (Å²) in [5.74, 6) is 0.138. The number of fused-ring (bicyclic) bond motifs is 1. The first-order chi connectivity index (χ1) is 12.7. The fourth-order valence-electron chi connectivity index (χ4n) is 3.04. The van der Waals surface area contributed by atoms with Gasteiger partial charge in [-0.05, 0) is 24.5 Å². The Hall–Kier alpha value is -3.09. The zero-order chi connectivity index (χ0) is 18.1. The Morgan fingerprint density at radius 2 is 2.19 bits per heavy atom. The van der Waals surface area contributed by atoms with Crippen molar-refractivity contribution in [3.8, 4) is 0 Å². The number of hydrogen-bond donors (Lipinski definition) is 2. The van der Waals surface area contributed by atoms with Crippen LogP contribution in [0.15, 0.2) is 41.1 Å². The Kier molecular flexibility index (Phi) is 4.20. The Bertz CT molecular complexity index is 955. The van der Waals surface area contributed by atoms with E-state index < -0.39 is 17.9 Å². The molecule has 2 aromatic heterocycles. The summed E-state index contributed by atoms with van der Waals surface area (Å²) in [6.45, 7) is 0. The molecule has 0 saturated heterocycles. The number of nitrogens with one attached hydrogen (secondary N) is 2. The predicted octanol–water partition coefficient (Wildman–Crippen LogP) is 2.55. The summed E-state index contributed by atoms with van der Waals surface area (Å²) in [6, 6.07) is 8.63. The van der Waals surface area contributed by atoms with Crippen molar-refractivity contribution >= 4 is 22.8 Å². The summed E-state index contributed by atoms with van der Waals surface area (Å²) in [5, 5.41) is 7.53. The number of ether oxygens (including phenoxy) is 1. The zero-order valence-electron chi connectivity index (χ0n) is 14.3. The van der Waals surface area contributed by atoms with E-state index in [2.05, 4.69) is 15.5 Å². The van der Waals surface area contributed by atoms with Crippen molar-refractivity contribution in [2.75, 3.05) is 7.11 Å². The maximum atomic E-state index is 12.5. The van der Waals surface area contributed by atoms with E-state index in [1.807, 2.05) is 30.5 Å². The highest BCUT2D eigenvalue weighted by molar-refractivity contribution is 5.95. The van der Waals surface area contributed by atoms with E-state index in [1.54, 1.807) is 6.07 Å². The molecule has 1 fully saturated rings. The van der Waals surface area contributed by atoms with Crippen LogP contribution < -0.4 is 5.32 Å². The van der Waals surface area contributed by atoms with Gasteiger partial charge in [-0.1, -0.05) is 23.4 Å². The first-order valence-corrected chi connectivity index (χ1v) is 8.56. The molecule has 2 heterocycles. The monoisotopic (exact) mass is 353 g/mol. The third-order valence-corrected chi connectivity index (χ3v) is 4.63. The lowest BCUT2D eigenvalue weighted by Crippen LogP contribution is -2.43. The molecule has 26 heavy (non-hydrogen) atoms. The first-order valence-electron chi connectivity index (χ1n) is 8.56. The number of aromatic nitrogens is 2. The Morgan fingerprint density at radius 1 is 1.38 bits per heavy atom. The molecule has 1 aromatic carbocycles. The van der Waals surface area contributed by atoms with Crippen LogP contribution >= 0.6 is 0 Å². The standard InChI is InChI=1S/C19H19N3O4/c1-25-19(24)16(8-12-10-20-14-5-3-2-4-13(12)14)21-18(23)15-9-17(26-22-15)11-6-7-11/h2-5,9-11,16,20H,6-8H2,1H3,(H,21,23). The van der Waals surface area contributed by atoms with Gasteiger partial charge in [0.25, 0.3) is 5.91 Å². The molecule has 2 N–H and O–H groups in total. The van der Waals surface area contributed by atoms with Gasteiger partial charge in [-0.3, -0.25) is 4.79 Å². The van der Waals surface area contributed by atoms with E-state index in [-0.39, 0.29) is 5.69 Å². The molecule has 1 unspecified atom stereocenters. The maximum absolute atomic E-state index is 12.5.